The van der Waals surface area contributed by atoms with Crippen molar-refractivity contribution in [2.75, 3.05) is 12.3 Å². The zero-order chi connectivity index (χ0) is 12.6. The summed E-state index contributed by atoms with van der Waals surface area (Å²) in [6, 6.07) is 3.43. The third-order valence-corrected chi connectivity index (χ3v) is 3.77. The molecule has 1 heterocycles. The van der Waals surface area contributed by atoms with Gasteiger partial charge in [0.15, 0.2) is 0 Å². The molecule has 0 spiro atoms. The second-order valence-corrected chi connectivity index (χ2v) is 5.16. The molecule has 1 amide bonds. The molecule has 1 aliphatic heterocycles. The monoisotopic (exact) mass is 272 g/mol. The van der Waals surface area contributed by atoms with Gasteiger partial charge in [-0.15, -0.1) is 0 Å². The summed E-state index contributed by atoms with van der Waals surface area (Å²) in [5.41, 5.74) is 6.46. The van der Waals surface area contributed by atoms with E-state index in [0.29, 0.717) is 21.3 Å². The van der Waals surface area contributed by atoms with Crippen molar-refractivity contribution in [1.82, 2.24) is 4.90 Å². The number of nitrogens with zero attached hydrogens (tertiary/aromatic N) is 1. The fourth-order valence-electron chi connectivity index (χ4n) is 2.11. The van der Waals surface area contributed by atoms with Gasteiger partial charge in [-0.1, -0.05) is 23.2 Å². The molecule has 0 saturated carbocycles. The first-order chi connectivity index (χ1) is 8.00. The van der Waals surface area contributed by atoms with Crippen molar-refractivity contribution in [3.05, 3.63) is 27.7 Å². The Labute approximate surface area is 110 Å². The maximum atomic E-state index is 12.2. The van der Waals surface area contributed by atoms with Crippen molar-refractivity contribution in [1.29, 1.82) is 0 Å². The number of hydrogen-bond donors (Lipinski definition) is 1. The van der Waals surface area contributed by atoms with Gasteiger partial charge in [-0.2, -0.15) is 0 Å². The molecule has 2 rings (SSSR count). The molecule has 92 valence electrons. The molecule has 5 heteroatoms. The summed E-state index contributed by atoms with van der Waals surface area (Å²) in [7, 11) is 0. The van der Waals surface area contributed by atoms with Crippen molar-refractivity contribution in [2.24, 2.45) is 0 Å². The average molecular weight is 273 g/mol. The number of hydrogen-bond acceptors (Lipinski definition) is 2. The number of benzene rings is 1. The van der Waals surface area contributed by atoms with E-state index in [9.17, 15) is 4.79 Å². The maximum absolute atomic E-state index is 12.2. The SMILES string of the molecule is CC1CCCN1C(=O)c1cc(Cl)c(N)c(Cl)c1. The fraction of sp³-hybridized carbons (Fsp3) is 0.417. The van der Waals surface area contributed by atoms with Gasteiger partial charge in [-0.25, -0.2) is 0 Å². The van der Waals surface area contributed by atoms with E-state index in [4.69, 9.17) is 28.9 Å². The Bertz CT molecular complexity index is 439. The Balaban J connectivity index is 2.31. The third-order valence-electron chi connectivity index (χ3n) is 3.14. The number of nitrogen functional groups attached to an aromatic ring is 1. The molecular weight excluding hydrogens is 259 g/mol. The standard InChI is InChI=1S/C12H14Cl2N2O/c1-7-3-2-4-16(7)12(17)8-5-9(13)11(15)10(14)6-8/h5-7H,2-4,15H2,1H3. The van der Waals surface area contributed by atoms with Crippen LogP contribution < -0.4 is 5.73 Å². The smallest absolute Gasteiger partial charge is 0.254 e. The Morgan fingerprint density at radius 1 is 1.41 bits per heavy atom. The molecule has 1 saturated heterocycles. The van der Waals surface area contributed by atoms with Gasteiger partial charge in [-0.05, 0) is 31.9 Å². The Hall–Kier alpha value is -0.930. The molecule has 1 fully saturated rings. The summed E-state index contributed by atoms with van der Waals surface area (Å²) in [5.74, 6) is -0.0289. The van der Waals surface area contributed by atoms with Gasteiger partial charge in [0.05, 0.1) is 15.7 Å². The lowest BCUT2D eigenvalue weighted by molar-refractivity contribution is 0.0747. The van der Waals surface area contributed by atoms with Crippen LogP contribution in [-0.4, -0.2) is 23.4 Å². The first-order valence-electron chi connectivity index (χ1n) is 5.56. The van der Waals surface area contributed by atoms with E-state index < -0.39 is 0 Å². The van der Waals surface area contributed by atoms with Crippen LogP contribution >= 0.6 is 23.2 Å². The van der Waals surface area contributed by atoms with Gasteiger partial charge in [0.25, 0.3) is 5.91 Å². The predicted molar refractivity (Wildman–Crippen MR) is 70.6 cm³/mol. The molecule has 1 atom stereocenters. The molecule has 0 aliphatic carbocycles. The molecular formula is C12H14Cl2N2O. The highest BCUT2D eigenvalue weighted by Gasteiger charge is 2.26. The molecule has 2 N–H and O–H groups in total. The number of halogens is 2. The van der Waals surface area contributed by atoms with Crippen LogP contribution in [0.15, 0.2) is 12.1 Å². The molecule has 17 heavy (non-hydrogen) atoms. The van der Waals surface area contributed by atoms with Crippen LogP contribution in [0, 0.1) is 0 Å². The fourth-order valence-corrected chi connectivity index (χ4v) is 2.60. The molecule has 1 unspecified atom stereocenters. The highest BCUT2D eigenvalue weighted by molar-refractivity contribution is 6.39. The second kappa shape index (κ2) is 4.75. The first-order valence-corrected chi connectivity index (χ1v) is 6.32. The zero-order valence-electron chi connectivity index (χ0n) is 9.54. The van der Waals surface area contributed by atoms with Gasteiger partial charge >= 0.3 is 0 Å². The Kier molecular flexibility index (Phi) is 3.50. The number of amides is 1. The van der Waals surface area contributed by atoms with E-state index in [-0.39, 0.29) is 11.9 Å². The van der Waals surface area contributed by atoms with Crippen LogP contribution in [0.1, 0.15) is 30.1 Å². The highest BCUT2D eigenvalue weighted by Crippen LogP contribution is 2.30. The van der Waals surface area contributed by atoms with Crippen LogP contribution in [0.3, 0.4) is 0 Å². The number of nitrogens with two attached hydrogens (primary N) is 1. The quantitative estimate of drug-likeness (QED) is 0.799. The number of carbonyl (C=O) groups excluding carboxylic acids is 1. The van der Waals surface area contributed by atoms with Gasteiger partial charge in [-0.3, -0.25) is 4.79 Å². The van der Waals surface area contributed by atoms with Crippen LogP contribution in [0.4, 0.5) is 5.69 Å². The molecule has 1 aliphatic rings. The molecule has 0 aromatic heterocycles. The van der Waals surface area contributed by atoms with E-state index in [2.05, 4.69) is 0 Å². The van der Waals surface area contributed by atoms with E-state index in [0.717, 1.165) is 19.4 Å². The minimum absolute atomic E-state index is 0.0289. The number of likely N-dealkylation sites (tertiary alicyclic amines) is 1. The molecule has 0 radical (unpaired) electrons. The average Bonchev–Trinajstić information content (AvgIpc) is 2.70. The minimum atomic E-state index is -0.0289. The molecule has 1 aromatic carbocycles. The largest absolute Gasteiger partial charge is 0.396 e. The van der Waals surface area contributed by atoms with E-state index in [1.165, 1.54) is 0 Å². The molecule has 0 bridgehead atoms. The van der Waals surface area contributed by atoms with Crippen LogP contribution in [0.25, 0.3) is 0 Å². The predicted octanol–water partition coefficient (Wildman–Crippen LogP) is 3.20. The normalized spacial score (nSPS) is 19.7. The zero-order valence-corrected chi connectivity index (χ0v) is 11.1. The Morgan fingerprint density at radius 2 is 2.00 bits per heavy atom. The van der Waals surface area contributed by atoms with Crippen molar-refractivity contribution >= 4 is 34.8 Å². The van der Waals surface area contributed by atoms with Crippen LogP contribution in [0.2, 0.25) is 10.0 Å². The van der Waals surface area contributed by atoms with Gasteiger partial charge in [0.2, 0.25) is 0 Å². The lowest BCUT2D eigenvalue weighted by Gasteiger charge is -2.21. The lowest BCUT2D eigenvalue weighted by atomic mass is 10.1. The summed E-state index contributed by atoms with van der Waals surface area (Å²) in [6.07, 6.45) is 2.09. The first kappa shape index (κ1) is 12.5. The van der Waals surface area contributed by atoms with Crippen molar-refractivity contribution in [3.8, 4) is 0 Å². The number of anilines is 1. The molecule has 3 nitrogen and oxygen atoms in total. The van der Waals surface area contributed by atoms with Crippen LogP contribution in [-0.2, 0) is 0 Å². The highest BCUT2D eigenvalue weighted by atomic mass is 35.5. The van der Waals surface area contributed by atoms with E-state index in [1.807, 2.05) is 11.8 Å². The lowest BCUT2D eigenvalue weighted by Crippen LogP contribution is -2.33. The summed E-state index contributed by atoms with van der Waals surface area (Å²) in [5, 5.41) is 0.653. The van der Waals surface area contributed by atoms with Crippen LogP contribution in [0.5, 0.6) is 0 Å². The van der Waals surface area contributed by atoms with Crippen molar-refractivity contribution < 1.29 is 4.79 Å². The number of rotatable bonds is 1. The second-order valence-electron chi connectivity index (χ2n) is 4.34. The third kappa shape index (κ3) is 2.35. The summed E-state index contributed by atoms with van der Waals surface area (Å²) in [6.45, 7) is 2.84. The van der Waals surface area contributed by atoms with Crippen molar-refractivity contribution in [2.45, 2.75) is 25.8 Å². The van der Waals surface area contributed by atoms with Crippen molar-refractivity contribution in [3.63, 3.8) is 0 Å². The summed E-state index contributed by atoms with van der Waals surface area (Å²) in [4.78, 5) is 14.1. The van der Waals surface area contributed by atoms with Gasteiger partial charge in [0, 0.05) is 18.2 Å². The Morgan fingerprint density at radius 3 is 2.47 bits per heavy atom. The summed E-state index contributed by atoms with van der Waals surface area (Å²) >= 11 is 11.9. The van der Waals surface area contributed by atoms with Gasteiger partial charge < -0.3 is 10.6 Å². The van der Waals surface area contributed by atoms with E-state index in [1.54, 1.807) is 12.1 Å². The van der Waals surface area contributed by atoms with E-state index >= 15 is 0 Å². The number of carbonyl (C=O) groups is 1. The topological polar surface area (TPSA) is 46.3 Å². The minimum Gasteiger partial charge on any atom is -0.396 e. The van der Waals surface area contributed by atoms with Gasteiger partial charge in [0.1, 0.15) is 0 Å². The summed E-state index contributed by atoms with van der Waals surface area (Å²) < 4.78 is 0. The molecule has 1 aromatic rings. The maximum Gasteiger partial charge on any atom is 0.254 e.